The third-order valence-electron chi connectivity index (χ3n) is 4.35. The fourth-order valence-corrected chi connectivity index (χ4v) is 2.90. The summed E-state index contributed by atoms with van der Waals surface area (Å²) in [5.41, 5.74) is 3.55. The highest BCUT2D eigenvalue weighted by atomic mass is 16.3. The molecule has 0 saturated heterocycles. The number of unbranched alkanes of at least 4 members (excludes halogenated alkanes) is 3. The minimum absolute atomic E-state index is 0.375. The van der Waals surface area contributed by atoms with Crippen LogP contribution in [0.15, 0.2) is 60.4 Å². The van der Waals surface area contributed by atoms with Gasteiger partial charge in [-0.3, -0.25) is 4.98 Å². The van der Waals surface area contributed by atoms with Gasteiger partial charge < -0.3 is 5.11 Å². The van der Waals surface area contributed by atoms with E-state index in [1.807, 2.05) is 18.2 Å². The molecule has 2 heteroatoms. The highest BCUT2D eigenvalue weighted by molar-refractivity contribution is 5.53. The Labute approximate surface area is 146 Å². The summed E-state index contributed by atoms with van der Waals surface area (Å²) in [5.74, 6) is 0. The Morgan fingerprint density at radius 3 is 2.50 bits per heavy atom. The van der Waals surface area contributed by atoms with E-state index < -0.39 is 0 Å². The van der Waals surface area contributed by atoms with Crippen molar-refractivity contribution in [2.24, 2.45) is 0 Å². The summed E-state index contributed by atoms with van der Waals surface area (Å²) in [5, 5.41) is 10.7. The summed E-state index contributed by atoms with van der Waals surface area (Å²) >= 11 is 0. The van der Waals surface area contributed by atoms with Gasteiger partial charge in [-0.1, -0.05) is 62.6 Å². The number of hydrogen-bond donors (Lipinski definition) is 1. The Morgan fingerprint density at radius 1 is 1.04 bits per heavy atom. The van der Waals surface area contributed by atoms with Gasteiger partial charge in [-0.2, -0.15) is 0 Å². The highest BCUT2D eigenvalue weighted by Gasteiger charge is 2.11. The maximum atomic E-state index is 10.7. The maximum absolute atomic E-state index is 10.7. The van der Waals surface area contributed by atoms with Crippen LogP contribution in [-0.2, 0) is 6.42 Å². The number of aliphatic hydroxyl groups is 1. The predicted molar refractivity (Wildman–Crippen MR) is 102 cm³/mol. The molecule has 1 unspecified atom stereocenters. The Kier molecular flexibility index (Phi) is 8.26. The fourth-order valence-electron chi connectivity index (χ4n) is 2.90. The molecule has 1 atom stereocenters. The first-order chi connectivity index (χ1) is 11.8. The Hall–Kier alpha value is -1.93. The van der Waals surface area contributed by atoms with Gasteiger partial charge in [0, 0.05) is 12.4 Å². The number of benzene rings is 1. The molecule has 2 rings (SSSR count). The number of hydrogen-bond acceptors (Lipinski definition) is 2. The van der Waals surface area contributed by atoms with E-state index in [9.17, 15) is 5.11 Å². The number of rotatable bonds is 10. The van der Waals surface area contributed by atoms with E-state index in [2.05, 4.69) is 42.2 Å². The molecule has 0 aliphatic heterocycles. The molecule has 0 bridgehead atoms. The molecule has 0 amide bonds. The van der Waals surface area contributed by atoms with Crippen molar-refractivity contribution in [1.29, 1.82) is 0 Å². The third-order valence-corrected chi connectivity index (χ3v) is 4.35. The minimum atomic E-state index is -0.375. The molecular weight excluding hydrogens is 294 g/mol. The molecule has 24 heavy (non-hydrogen) atoms. The van der Waals surface area contributed by atoms with Crippen molar-refractivity contribution >= 4 is 6.08 Å². The van der Waals surface area contributed by atoms with Gasteiger partial charge in [0.2, 0.25) is 0 Å². The SMILES string of the molecule is CCCCCCC(=Cc1ccncc1)C(O)CCc1ccccc1. The van der Waals surface area contributed by atoms with Crippen LogP contribution in [-0.4, -0.2) is 16.2 Å². The van der Waals surface area contributed by atoms with E-state index in [1.165, 1.54) is 24.8 Å². The van der Waals surface area contributed by atoms with Crippen molar-refractivity contribution in [3.8, 4) is 0 Å². The van der Waals surface area contributed by atoms with E-state index in [-0.39, 0.29) is 6.10 Å². The van der Waals surface area contributed by atoms with E-state index in [1.54, 1.807) is 12.4 Å². The Balaban J connectivity index is 1.99. The normalized spacial score (nSPS) is 13.0. The van der Waals surface area contributed by atoms with Crippen molar-refractivity contribution in [3.05, 3.63) is 71.6 Å². The number of aliphatic hydroxyl groups excluding tert-OH is 1. The van der Waals surface area contributed by atoms with Gasteiger partial charge in [-0.05, 0) is 54.5 Å². The summed E-state index contributed by atoms with van der Waals surface area (Å²) in [7, 11) is 0. The lowest BCUT2D eigenvalue weighted by atomic mass is 9.95. The summed E-state index contributed by atoms with van der Waals surface area (Å²) in [4.78, 5) is 4.07. The van der Waals surface area contributed by atoms with E-state index in [4.69, 9.17) is 0 Å². The molecule has 1 aromatic heterocycles. The molecular formula is C22H29NO. The zero-order valence-corrected chi connectivity index (χ0v) is 14.7. The van der Waals surface area contributed by atoms with E-state index >= 15 is 0 Å². The van der Waals surface area contributed by atoms with Crippen LogP contribution in [0.5, 0.6) is 0 Å². The average molecular weight is 323 g/mol. The molecule has 1 heterocycles. The zero-order valence-electron chi connectivity index (χ0n) is 14.7. The zero-order chi connectivity index (χ0) is 17.0. The van der Waals surface area contributed by atoms with E-state index in [0.717, 1.165) is 36.8 Å². The summed E-state index contributed by atoms with van der Waals surface area (Å²) in [6, 6.07) is 14.4. The number of pyridine rings is 1. The molecule has 2 aromatic rings. The molecule has 128 valence electrons. The number of aryl methyl sites for hydroxylation is 1. The molecule has 0 fully saturated rings. The highest BCUT2D eigenvalue weighted by Crippen LogP contribution is 2.21. The lowest BCUT2D eigenvalue weighted by Crippen LogP contribution is -2.12. The molecule has 0 spiro atoms. The van der Waals surface area contributed by atoms with Crippen molar-refractivity contribution in [1.82, 2.24) is 4.98 Å². The molecule has 2 nitrogen and oxygen atoms in total. The topological polar surface area (TPSA) is 33.1 Å². The Morgan fingerprint density at radius 2 is 1.79 bits per heavy atom. The second-order valence-electron chi connectivity index (χ2n) is 6.35. The maximum Gasteiger partial charge on any atom is 0.0756 e. The second kappa shape index (κ2) is 10.8. The van der Waals surface area contributed by atoms with Gasteiger partial charge in [0.1, 0.15) is 0 Å². The van der Waals surface area contributed by atoms with Gasteiger partial charge in [0.25, 0.3) is 0 Å². The van der Waals surface area contributed by atoms with Crippen LogP contribution in [0.1, 0.15) is 56.6 Å². The first kappa shape index (κ1) is 18.4. The van der Waals surface area contributed by atoms with Crippen LogP contribution in [0, 0.1) is 0 Å². The largest absolute Gasteiger partial charge is 0.389 e. The molecule has 1 aromatic carbocycles. The summed E-state index contributed by atoms with van der Waals surface area (Å²) < 4.78 is 0. The van der Waals surface area contributed by atoms with Gasteiger partial charge in [-0.15, -0.1) is 0 Å². The number of aromatic nitrogens is 1. The van der Waals surface area contributed by atoms with Crippen molar-refractivity contribution in [2.75, 3.05) is 0 Å². The molecule has 0 radical (unpaired) electrons. The number of nitrogens with zero attached hydrogens (tertiary/aromatic N) is 1. The second-order valence-corrected chi connectivity index (χ2v) is 6.35. The minimum Gasteiger partial charge on any atom is -0.389 e. The van der Waals surface area contributed by atoms with E-state index in [0.29, 0.717) is 0 Å². The molecule has 1 N–H and O–H groups in total. The van der Waals surface area contributed by atoms with Crippen LogP contribution < -0.4 is 0 Å². The summed E-state index contributed by atoms with van der Waals surface area (Å²) in [6.45, 7) is 2.22. The lowest BCUT2D eigenvalue weighted by Gasteiger charge is -2.16. The van der Waals surface area contributed by atoms with Gasteiger partial charge >= 0.3 is 0 Å². The van der Waals surface area contributed by atoms with Crippen LogP contribution in [0.3, 0.4) is 0 Å². The monoisotopic (exact) mass is 323 g/mol. The third kappa shape index (κ3) is 6.67. The average Bonchev–Trinajstić information content (AvgIpc) is 2.64. The quantitative estimate of drug-likeness (QED) is 0.591. The first-order valence-electron chi connectivity index (χ1n) is 9.12. The smallest absolute Gasteiger partial charge is 0.0756 e. The van der Waals surface area contributed by atoms with Crippen molar-refractivity contribution in [3.63, 3.8) is 0 Å². The Bertz CT molecular complexity index is 592. The predicted octanol–water partition coefficient (Wildman–Crippen LogP) is 5.43. The van der Waals surface area contributed by atoms with Crippen LogP contribution in [0.2, 0.25) is 0 Å². The van der Waals surface area contributed by atoms with Crippen molar-refractivity contribution in [2.45, 2.75) is 58.0 Å². The van der Waals surface area contributed by atoms with Gasteiger partial charge in [0.05, 0.1) is 6.10 Å². The van der Waals surface area contributed by atoms with Crippen LogP contribution >= 0.6 is 0 Å². The lowest BCUT2D eigenvalue weighted by molar-refractivity contribution is 0.197. The fraction of sp³-hybridized carbons (Fsp3) is 0.409. The standard InChI is InChI=1S/C22H29NO/c1-2-3-4-8-11-21(18-20-14-16-23-17-15-20)22(24)13-12-19-9-6-5-7-10-19/h5-7,9-10,14-18,22,24H,2-4,8,11-13H2,1H3. The van der Waals surface area contributed by atoms with Crippen LogP contribution in [0.25, 0.3) is 6.08 Å². The molecule has 0 saturated carbocycles. The molecule has 0 aliphatic carbocycles. The summed E-state index contributed by atoms with van der Waals surface area (Å²) in [6.07, 6.45) is 12.9. The van der Waals surface area contributed by atoms with Crippen molar-refractivity contribution < 1.29 is 5.11 Å². The van der Waals surface area contributed by atoms with Gasteiger partial charge in [0.15, 0.2) is 0 Å². The molecule has 0 aliphatic rings. The first-order valence-corrected chi connectivity index (χ1v) is 9.12. The van der Waals surface area contributed by atoms with Gasteiger partial charge in [-0.25, -0.2) is 0 Å². The van der Waals surface area contributed by atoms with Crippen LogP contribution in [0.4, 0.5) is 0 Å².